The molecule has 0 aliphatic carbocycles. The number of anilines is 1. The summed E-state index contributed by atoms with van der Waals surface area (Å²) in [4.78, 5) is 4.17. The predicted octanol–water partition coefficient (Wildman–Crippen LogP) is 3.24. The van der Waals surface area contributed by atoms with Crippen molar-refractivity contribution in [2.24, 2.45) is 0 Å². The van der Waals surface area contributed by atoms with Gasteiger partial charge in [-0.2, -0.15) is 0 Å². The SMILES string of the molecule is O=S(=O)(Cc1ccccc1)Nc1ccc2ncsc2c1. The first-order chi connectivity index (χ1) is 9.62. The van der Waals surface area contributed by atoms with E-state index in [4.69, 9.17) is 0 Å². The lowest BCUT2D eigenvalue weighted by Crippen LogP contribution is -2.14. The lowest BCUT2D eigenvalue weighted by molar-refractivity contribution is 0.600. The van der Waals surface area contributed by atoms with Crippen LogP contribution in [0.5, 0.6) is 0 Å². The molecule has 0 saturated carbocycles. The van der Waals surface area contributed by atoms with E-state index in [1.165, 1.54) is 11.3 Å². The van der Waals surface area contributed by atoms with E-state index in [2.05, 4.69) is 9.71 Å². The van der Waals surface area contributed by atoms with Gasteiger partial charge >= 0.3 is 0 Å². The van der Waals surface area contributed by atoms with Crippen LogP contribution in [-0.4, -0.2) is 13.4 Å². The average Bonchev–Trinajstić information content (AvgIpc) is 2.86. The number of thiazole rings is 1. The monoisotopic (exact) mass is 304 g/mol. The van der Waals surface area contributed by atoms with Crippen LogP contribution < -0.4 is 4.72 Å². The number of hydrogen-bond donors (Lipinski definition) is 1. The van der Waals surface area contributed by atoms with E-state index in [-0.39, 0.29) is 5.75 Å². The fourth-order valence-corrected chi connectivity index (χ4v) is 3.83. The van der Waals surface area contributed by atoms with Crippen LogP contribution in [0.3, 0.4) is 0 Å². The van der Waals surface area contributed by atoms with Gasteiger partial charge in [0.05, 0.1) is 27.2 Å². The molecule has 3 aromatic rings. The number of fused-ring (bicyclic) bond motifs is 1. The highest BCUT2D eigenvalue weighted by Crippen LogP contribution is 2.23. The van der Waals surface area contributed by atoms with Crippen molar-refractivity contribution >= 4 is 37.3 Å². The first-order valence-electron chi connectivity index (χ1n) is 6.00. The molecule has 1 N–H and O–H groups in total. The zero-order valence-electron chi connectivity index (χ0n) is 10.5. The van der Waals surface area contributed by atoms with Gasteiger partial charge in [-0.15, -0.1) is 11.3 Å². The first-order valence-corrected chi connectivity index (χ1v) is 8.53. The topological polar surface area (TPSA) is 59.1 Å². The molecule has 20 heavy (non-hydrogen) atoms. The Balaban J connectivity index is 1.82. The second-order valence-corrected chi connectivity index (χ2v) is 6.99. The highest BCUT2D eigenvalue weighted by atomic mass is 32.2. The van der Waals surface area contributed by atoms with Crippen LogP contribution in [0.25, 0.3) is 10.2 Å². The Morgan fingerprint density at radius 1 is 1.10 bits per heavy atom. The number of hydrogen-bond acceptors (Lipinski definition) is 4. The van der Waals surface area contributed by atoms with Crippen molar-refractivity contribution in [2.75, 3.05) is 4.72 Å². The number of rotatable bonds is 4. The molecule has 0 atom stereocenters. The highest BCUT2D eigenvalue weighted by Gasteiger charge is 2.12. The van der Waals surface area contributed by atoms with Gasteiger partial charge in [0.2, 0.25) is 10.0 Å². The minimum atomic E-state index is -3.41. The third kappa shape index (κ3) is 2.97. The minimum absolute atomic E-state index is 0.0332. The quantitative estimate of drug-likeness (QED) is 0.805. The molecule has 0 radical (unpaired) electrons. The normalized spacial score (nSPS) is 11.6. The highest BCUT2D eigenvalue weighted by molar-refractivity contribution is 7.91. The first kappa shape index (κ1) is 13.1. The van der Waals surface area contributed by atoms with Gasteiger partial charge in [0, 0.05) is 0 Å². The van der Waals surface area contributed by atoms with Gasteiger partial charge < -0.3 is 0 Å². The number of nitrogens with one attached hydrogen (secondary N) is 1. The van der Waals surface area contributed by atoms with Crippen LogP contribution in [0.15, 0.2) is 54.0 Å². The third-order valence-electron chi connectivity index (χ3n) is 2.80. The van der Waals surface area contributed by atoms with Gasteiger partial charge in [-0.25, -0.2) is 13.4 Å². The van der Waals surface area contributed by atoms with Crippen molar-refractivity contribution in [3.8, 4) is 0 Å². The van der Waals surface area contributed by atoms with Gasteiger partial charge in [0.15, 0.2) is 0 Å². The Morgan fingerprint density at radius 2 is 1.90 bits per heavy atom. The molecule has 0 saturated heterocycles. The number of aromatic nitrogens is 1. The molecule has 0 spiro atoms. The molecule has 0 amide bonds. The molecule has 1 heterocycles. The van der Waals surface area contributed by atoms with Crippen molar-refractivity contribution < 1.29 is 8.42 Å². The van der Waals surface area contributed by atoms with E-state index >= 15 is 0 Å². The average molecular weight is 304 g/mol. The summed E-state index contributed by atoms with van der Waals surface area (Å²) >= 11 is 1.49. The van der Waals surface area contributed by atoms with Gasteiger partial charge in [-0.1, -0.05) is 30.3 Å². The predicted molar refractivity (Wildman–Crippen MR) is 82.3 cm³/mol. The van der Waals surface area contributed by atoms with Gasteiger partial charge in [0.1, 0.15) is 0 Å². The number of benzene rings is 2. The molecule has 6 heteroatoms. The van der Waals surface area contributed by atoms with E-state index < -0.39 is 10.0 Å². The fourth-order valence-electron chi connectivity index (χ4n) is 1.93. The Morgan fingerprint density at radius 3 is 2.70 bits per heavy atom. The summed E-state index contributed by atoms with van der Waals surface area (Å²) in [7, 11) is -3.41. The second kappa shape index (κ2) is 5.22. The second-order valence-electron chi connectivity index (χ2n) is 4.38. The van der Waals surface area contributed by atoms with E-state index in [0.29, 0.717) is 5.69 Å². The molecule has 0 bridgehead atoms. The summed E-state index contributed by atoms with van der Waals surface area (Å²) in [6.45, 7) is 0. The van der Waals surface area contributed by atoms with Gasteiger partial charge in [-0.05, 0) is 23.8 Å². The van der Waals surface area contributed by atoms with Crippen LogP contribution in [-0.2, 0) is 15.8 Å². The van der Waals surface area contributed by atoms with Crippen molar-refractivity contribution in [1.29, 1.82) is 0 Å². The van der Waals surface area contributed by atoms with Gasteiger partial charge in [0.25, 0.3) is 0 Å². The summed E-state index contributed by atoms with van der Waals surface area (Å²) < 4.78 is 27.8. The number of nitrogens with zero attached hydrogens (tertiary/aromatic N) is 1. The lowest BCUT2D eigenvalue weighted by atomic mass is 10.2. The molecule has 1 aromatic heterocycles. The molecule has 2 aromatic carbocycles. The standard InChI is InChI=1S/C14H12N2O2S2/c17-20(18,9-11-4-2-1-3-5-11)16-12-6-7-13-14(8-12)19-10-15-13/h1-8,10,16H,9H2. The molecule has 0 fully saturated rings. The molecule has 0 aliphatic rings. The Kier molecular flexibility index (Phi) is 3.42. The maximum atomic E-state index is 12.1. The van der Waals surface area contributed by atoms with Crippen LogP contribution >= 0.6 is 11.3 Å². The van der Waals surface area contributed by atoms with Crippen molar-refractivity contribution in [3.05, 3.63) is 59.6 Å². The summed E-state index contributed by atoms with van der Waals surface area (Å²) in [5.41, 5.74) is 3.95. The smallest absolute Gasteiger partial charge is 0.236 e. The van der Waals surface area contributed by atoms with E-state index in [1.807, 2.05) is 24.3 Å². The molecule has 102 valence electrons. The minimum Gasteiger partial charge on any atom is -0.283 e. The molecular formula is C14H12N2O2S2. The lowest BCUT2D eigenvalue weighted by Gasteiger charge is -2.08. The zero-order valence-corrected chi connectivity index (χ0v) is 12.1. The van der Waals surface area contributed by atoms with Crippen LogP contribution in [0.1, 0.15) is 5.56 Å². The maximum Gasteiger partial charge on any atom is 0.236 e. The maximum absolute atomic E-state index is 12.1. The summed E-state index contributed by atoms with van der Waals surface area (Å²) in [5.74, 6) is -0.0332. The van der Waals surface area contributed by atoms with Crippen molar-refractivity contribution in [3.63, 3.8) is 0 Å². The third-order valence-corrected chi connectivity index (χ3v) is 4.86. The molecule has 3 rings (SSSR count). The molecular weight excluding hydrogens is 292 g/mol. The Labute approximate surface area is 121 Å². The largest absolute Gasteiger partial charge is 0.283 e. The summed E-state index contributed by atoms with van der Waals surface area (Å²) in [5, 5.41) is 0. The summed E-state index contributed by atoms with van der Waals surface area (Å²) in [6.07, 6.45) is 0. The zero-order chi connectivity index (χ0) is 14.0. The van der Waals surface area contributed by atoms with Crippen LogP contribution in [0.2, 0.25) is 0 Å². The van der Waals surface area contributed by atoms with Crippen LogP contribution in [0.4, 0.5) is 5.69 Å². The number of sulfonamides is 1. The van der Waals surface area contributed by atoms with E-state index in [1.54, 1.807) is 29.8 Å². The Bertz CT molecular complexity index is 827. The Hall–Kier alpha value is -1.92. The fraction of sp³-hybridized carbons (Fsp3) is 0.0714. The van der Waals surface area contributed by atoms with E-state index in [9.17, 15) is 8.42 Å². The van der Waals surface area contributed by atoms with Crippen LogP contribution in [0, 0.1) is 0 Å². The molecule has 0 aliphatic heterocycles. The van der Waals surface area contributed by atoms with Crippen molar-refractivity contribution in [2.45, 2.75) is 5.75 Å². The summed E-state index contributed by atoms with van der Waals surface area (Å²) in [6, 6.07) is 14.5. The van der Waals surface area contributed by atoms with E-state index in [0.717, 1.165) is 15.8 Å². The molecule has 4 nitrogen and oxygen atoms in total. The van der Waals surface area contributed by atoms with Gasteiger partial charge in [-0.3, -0.25) is 4.72 Å². The molecule has 0 unspecified atom stereocenters. The van der Waals surface area contributed by atoms with Crippen molar-refractivity contribution in [1.82, 2.24) is 4.98 Å².